The van der Waals surface area contributed by atoms with Crippen LogP contribution < -0.4 is 4.74 Å². The highest BCUT2D eigenvalue weighted by Crippen LogP contribution is 2.38. The molecule has 1 aromatic heterocycles. The van der Waals surface area contributed by atoms with E-state index in [0.29, 0.717) is 11.3 Å². The normalized spacial score (nSPS) is 17.1. The second-order valence-electron chi connectivity index (χ2n) is 5.41. The maximum Gasteiger partial charge on any atom is 0.355 e. The predicted octanol–water partition coefficient (Wildman–Crippen LogP) is 3.02. The molecule has 3 aromatic rings. The summed E-state index contributed by atoms with van der Waals surface area (Å²) in [5, 5.41) is 1.80. The molecule has 116 valence electrons. The van der Waals surface area contributed by atoms with Gasteiger partial charge in [0.05, 0.1) is 6.61 Å². The molecule has 0 saturated heterocycles. The Balaban J connectivity index is 1.87. The first-order valence-electron chi connectivity index (χ1n) is 7.48. The Morgan fingerprint density at radius 3 is 2.87 bits per heavy atom. The molecule has 0 fully saturated rings. The quantitative estimate of drug-likeness (QED) is 0.538. The third-order valence-electron chi connectivity index (χ3n) is 4.00. The van der Waals surface area contributed by atoms with E-state index in [1.54, 1.807) is 19.1 Å². The van der Waals surface area contributed by atoms with Crippen LogP contribution in [-0.2, 0) is 20.7 Å². The predicted molar refractivity (Wildman–Crippen MR) is 83.5 cm³/mol. The third kappa shape index (κ3) is 2.08. The zero-order valence-electron chi connectivity index (χ0n) is 12.5. The molecule has 2 aromatic carbocycles. The van der Waals surface area contributed by atoms with E-state index in [1.807, 2.05) is 24.3 Å². The fraction of sp³-hybridized carbons (Fsp3) is 0.222. The molecule has 4 rings (SSSR count). The lowest BCUT2D eigenvalue weighted by molar-refractivity contribution is -0.156. The van der Waals surface area contributed by atoms with Gasteiger partial charge in [0.2, 0.25) is 0 Å². The first-order chi connectivity index (χ1) is 11.2. The lowest BCUT2D eigenvalue weighted by atomic mass is 9.96. The van der Waals surface area contributed by atoms with Gasteiger partial charge in [0.1, 0.15) is 16.9 Å². The Bertz CT molecular complexity index is 937. The molecule has 0 N–H and O–H groups in total. The molecule has 2 heterocycles. The van der Waals surface area contributed by atoms with Crippen LogP contribution in [-0.4, -0.2) is 24.5 Å². The largest absolute Gasteiger partial charge is 0.470 e. The number of ketones is 1. The lowest BCUT2D eigenvalue weighted by Crippen LogP contribution is -2.41. The topological polar surface area (TPSA) is 65.7 Å². The highest BCUT2D eigenvalue weighted by Gasteiger charge is 2.36. The first kappa shape index (κ1) is 13.8. The Morgan fingerprint density at radius 2 is 2.04 bits per heavy atom. The number of hydrogen-bond acceptors (Lipinski definition) is 5. The van der Waals surface area contributed by atoms with Crippen LogP contribution in [0.4, 0.5) is 0 Å². The second kappa shape index (κ2) is 5.12. The van der Waals surface area contributed by atoms with Crippen molar-refractivity contribution < 1.29 is 23.5 Å². The molecule has 0 aliphatic carbocycles. The van der Waals surface area contributed by atoms with Crippen molar-refractivity contribution in [1.82, 2.24) is 0 Å². The van der Waals surface area contributed by atoms with Gasteiger partial charge in [-0.05, 0) is 25.1 Å². The van der Waals surface area contributed by atoms with Crippen LogP contribution >= 0.6 is 0 Å². The summed E-state index contributed by atoms with van der Waals surface area (Å²) < 4.78 is 16.3. The van der Waals surface area contributed by atoms with Crippen LogP contribution in [0.3, 0.4) is 0 Å². The van der Waals surface area contributed by atoms with Crippen molar-refractivity contribution in [1.29, 1.82) is 0 Å². The van der Waals surface area contributed by atoms with Gasteiger partial charge in [0, 0.05) is 22.8 Å². The highest BCUT2D eigenvalue weighted by molar-refractivity contribution is 6.11. The Kier molecular flexibility index (Phi) is 3.08. The summed E-state index contributed by atoms with van der Waals surface area (Å²) in [6.07, 6.45) is -1.06. The van der Waals surface area contributed by atoms with Crippen LogP contribution in [0.1, 0.15) is 12.5 Å². The summed E-state index contributed by atoms with van der Waals surface area (Å²) in [7, 11) is 0. The van der Waals surface area contributed by atoms with Gasteiger partial charge >= 0.3 is 5.97 Å². The van der Waals surface area contributed by atoms with Crippen molar-refractivity contribution in [2.24, 2.45) is 0 Å². The van der Waals surface area contributed by atoms with E-state index in [0.717, 1.165) is 21.9 Å². The molecule has 1 unspecified atom stereocenters. The minimum atomic E-state index is -1.18. The third-order valence-corrected chi connectivity index (χ3v) is 4.00. The van der Waals surface area contributed by atoms with Gasteiger partial charge in [0.25, 0.3) is 6.10 Å². The average Bonchev–Trinajstić information content (AvgIpc) is 2.93. The molecule has 5 nitrogen and oxygen atoms in total. The van der Waals surface area contributed by atoms with E-state index in [-0.39, 0.29) is 18.8 Å². The SMILES string of the molecule is CCOC(=O)C1Oc2ccc3oc4ccccc4c3c2CC1=O. The van der Waals surface area contributed by atoms with Gasteiger partial charge in [-0.2, -0.15) is 0 Å². The molecule has 0 radical (unpaired) electrons. The lowest BCUT2D eigenvalue weighted by Gasteiger charge is -2.23. The van der Waals surface area contributed by atoms with Crippen LogP contribution in [0.25, 0.3) is 21.9 Å². The zero-order valence-corrected chi connectivity index (χ0v) is 12.5. The van der Waals surface area contributed by atoms with Crippen molar-refractivity contribution in [2.45, 2.75) is 19.4 Å². The van der Waals surface area contributed by atoms with Crippen LogP contribution in [0, 0.1) is 0 Å². The van der Waals surface area contributed by atoms with Crippen molar-refractivity contribution in [3.63, 3.8) is 0 Å². The maximum atomic E-state index is 12.3. The number of hydrogen-bond donors (Lipinski definition) is 0. The van der Waals surface area contributed by atoms with Crippen LogP contribution in [0.5, 0.6) is 5.75 Å². The summed E-state index contributed by atoms with van der Waals surface area (Å²) in [5.41, 5.74) is 2.23. The Morgan fingerprint density at radius 1 is 1.22 bits per heavy atom. The van der Waals surface area contributed by atoms with E-state index in [4.69, 9.17) is 13.9 Å². The molecule has 0 bridgehead atoms. The molecule has 0 amide bonds. The first-order valence-corrected chi connectivity index (χ1v) is 7.48. The second-order valence-corrected chi connectivity index (χ2v) is 5.41. The molecular formula is C18H14O5. The summed E-state index contributed by atoms with van der Waals surface area (Å²) in [6.45, 7) is 1.91. The van der Waals surface area contributed by atoms with E-state index in [1.165, 1.54) is 0 Å². The zero-order chi connectivity index (χ0) is 16.0. The average molecular weight is 310 g/mol. The minimum Gasteiger partial charge on any atom is -0.470 e. The molecule has 5 heteroatoms. The van der Waals surface area contributed by atoms with E-state index in [9.17, 15) is 9.59 Å². The van der Waals surface area contributed by atoms with Gasteiger partial charge in [-0.15, -0.1) is 0 Å². The fourth-order valence-electron chi connectivity index (χ4n) is 3.01. The highest BCUT2D eigenvalue weighted by atomic mass is 16.6. The number of benzene rings is 2. The summed E-state index contributed by atoms with van der Waals surface area (Å²) >= 11 is 0. The molecule has 1 atom stereocenters. The standard InChI is InChI=1S/C18H14O5/c1-2-21-18(20)17-12(19)9-11-14(23-17)7-8-15-16(11)10-5-3-4-6-13(10)22-15/h3-8,17H,2,9H2,1H3. The van der Waals surface area contributed by atoms with Gasteiger partial charge < -0.3 is 13.9 Å². The number of carbonyl (C=O) groups excluding carboxylic acids is 2. The van der Waals surface area contributed by atoms with E-state index < -0.39 is 12.1 Å². The van der Waals surface area contributed by atoms with Crippen LogP contribution in [0.2, 0.25) is 0 Å². The molecule has 0 spiro atoms. The van der Waals surface area contributed by atoms with Gasteiger partial charge in [-0.25, -0.2) is 4.79 Å². The summed E-state index contributed by atoms with van der Waals surface area (Å²) in [5.74, 6) is -0.407. The number of para-hydroxylation sites is 1. The number of fused-ring (bicyclic) bond motifs is 5. The fourth-order valence-corrected chi connectivity index (χ4v) is 3.01. The van der Waals surface area contributed by atoms with Gasteiger partial charge in [0.15, 0.2) is 5.78 Å². The van der Waals surface area contributed by atoms with Crippen molar-refractivity contribution in [2.75, 3.05) is 6.61 Å². The Hall–Kier alpha value is -2.82. The molecule has 1 aliphatic rings. The number of Topliss-reactive ketones (excluding diaryl/α,β-unsaturated/α-hetero) is 1. The molecular weight excluding hydrogens is 296 g/mol. The summed E-state index contributed by atoms with van der Waals surface area (Å²) in [6, 6.07) is 11.2. The number of furan rings is 1. The molecule has 1 aliphatic heterocycles. The van der Waals surface area contributed by atoms with Gasteiger partial charge in [-0.3, -0.25) is 4.79 Å². The molecule has 0 saturated carbocycles. The van der Waals surface area contributed by atoms with Crippen LogP contribution in [0.15, 0.2) is 40.8 Å². The Labute approximate surface area is 131 Å². The number of ether oxygens (including phenoxy) is 2. The molecule has 23 heavy (non-hydrogen) atoms. The van der Waals surface area contributed by atoms with Crippen molar-refractivity contribution in [3.8, 4) is 5.75 Å². The smallest absolute Gasteiger partial charge is 0.355 e. The number of carbonyl (C=O) groups is 2. The van der Waals surface area contributed by atoms with Gasteiger partial charge in [-0.1, -0.05) is 18.2 Å². The number of esters is 1. The van der Waals surface area contributed by atoms with Crippen molar-refractivity contribution in [3.05, 3.63) is 42.0 Å². The number of rotatable bonds is 2. The van der Waals surface area contributed by atoms with E-state index >= 15 is 0 Å². The maximum absolute atomic E-state index is 12.3. The van der Waals surface area contributed by atoms with E-state index in [2.05, 4.69) is 0 Å². The minimum absolute atomic E-state index is 0.125. The monoisotopic (exact) mass is 310 g/mol. The summed E-state index contributed by atoms with van der Waals surface area (Å²) in [4.78, 5) is 24.2. The van der Waals surface area contributed by atoms with Crippen molar-refractivity contribution >= 4 is 33.7 Å².